The number of nitrogens with two attached hydrogens (primary N) is 3. The summed E-state index contributed by atoms with van der Waals surface area (Å²) >= 11 is 85.3. The van der Waals surface area contributed by atoms with Crippen LogP contribution in [0, 0.1) is 66.4 Å². The predicted octanol–water partition coefficient (Wildman–Crippen LogP) is 22.4. The van der Waals surface area contributed by atoms with E-state index in [4.69, 9.17) is 183 Å². The number of rotatable bonds is 15. The van der Waals surface area contributed by atoms with Crippen LogP contribution in [-0.2, 0) is 14.4 Å². The molecule has 6 N–H and O–H groups in total. The van der Waals surface area contributed by atoms with E-state index in [9.17, 15) is 53.3 Å². The van der Waals surface area contributed by atoms with Crippen LogP contribution in [0.5, 0.6) is 0 Å². The molecule has 3 aromatic carbocycles. The van der Waals surface area contributed by atoms with Gasteiger partial charge in [0.2, 0.25) is 17.7 Å². The number of hydrogen-bond donors (Lipinski definition) is 3. The van der Waals surface area contributed by atoms with Crippen LogP contribution in [0.1, 0.15) is 131 Å². The van der Waals surface area contributed by atoms with Crippen LogP contribution in [0.4, 0.5) is 42.9 Å². The highest BCUT2D eigenvalue weighted by Gasteiger charge is 2.40. The number of nitrogens with zero attached hydrogens (tertiary/aromatic N) is 18. The lowest BCUT2D eigenvalue weighted by Gasteiger charge is -2.41. The summed E-state index contributed by atoms with van der Waals surface area (Å²) in [6.07, 6.45) is 8.72. The maximum atomic E-state index is 14.9. The molecule has 138 heavy (non-hydrogen) atoms. The zero-order valence-corrected chi connectivity index (χ0v) is 85.6. The molecule has 3 amide bonds. The molecule has 0 radical (unpaired) electrons. The Labute approximate surface area is 856 Å². The van der Waals surface area contributed by atoms with Crippen molar-refractivity contribution in [3.8, 4) is 69.0 Å². The van der Waals surface area contributed by atoms with E-state index in [0.29, 0.717) is 113 Å². The Morgan fingerprint density at radius 3 is 0.906 bits per heavy atom. The number of piperazine rings is 3. The molecule has 0 bridgehead atoms. The summed E-state index contributed by atoms with van der Waals surface area (Å²) in [5.74, 6) is -3.86. The number of anilines is 6. The fourth-order valence-electron chi connectivity index (χ4n) is 17.5. The third kappa shape index (κ3) is 18.4. The molecule has 3 aliphatic heterocycles. The molecular formula is C96H84Cl13F2N21O6. The van der Waals surface area contributed by atoms with Crippen molar-refractivity contribution < 1.29 is 23.2 Å². The largest absolute Gasteiger partial charge is 0.396 e. The average molecular weight is 2130 g/mol. The van der Waals surface area contributed by atoms with Crippen molar-refractivity contribution in [2.24, 2.45) is 0 Å². The maximum Gasteiger partial charge on any atom is 0.276 e. The summed E-state index contributed by atoms with van der Waals surface area (Å²) in [6.45, 7) is 36.4. The van der Waals surface area contributed by atoms with Gasteiger partial charge in [0.05, 0.1) is 151 Å². The number of carbonyl (C=O) groups is 3. The number of pyridine rings is 9. The second kappa shape index (κ2) is 41.6. The molecule has 9 aromatic heterocycles. The second-order valence-corrected chi connectivity index (χ2v) is 38.8. The van der Waals surface area contributed by atoms with Gasteiger partial charge in [-0.2, -0.15) is 15.8 Å². The zero-order chi connectivity index (χ0) is 101. The van der Waals surface area contributed by atoms with Crippen molar-refractivity contribution in [1.82, 2.24) is 58.3 Å². The predicted molar refractivity (Wildman–Crippen MR) is 551 cm³/mol. The van der Waals surface area contributed by atoms with Gasteiger partial charge in [-0.05, 0) is 131 Å². The van der Waals surface area contributed by atoms with E-state index in [-0.39, 0.29) is 206 Å². The highest BCUT2D eigenvalue weighted by molar-refractivity contribution is 6.55. The fraction of sp³-hybridized carbons (Fsp3) is 0.281. The molecule has 0 spiro atoms. The fourth-order valence-corrected chi connectivity index (χ4v) is 21.0. The monoisotopic (exact) mass is 2120 g/mol. The van der Waals surface area contributed by atoms with Gasteiger partial charge in [0.25, 0.3) is 16.7 Å². The topological polar surface area (TPSA) is 363 Å². The highest BCUT2D eigenvalue weighted by Crippen LogP contribution is 2.53. The molecule has 0 unspecified atom stereocenters. The second-order valence-electron chi connectivity index (χ2n) is 33.8. The highest BCUT2D eigenvalue weighted by atomic mass is 35.5. The van der Waals surface area contributed by atoms with E-state index >= 15 is 0 Å². The number of carbonyl (C=O) groups excluding carboxylic acids is 3. The first-order valence-electron chi connectivity index (χ1n) is 42.6. The minimum Gasteiger partial charge on any atom is -0.396 e. The van der Waals surface area contributed by atoms with Crippen molar-refractivity contribution in [1.29, 1.82) is 15.8 Å². The molecule has 3 fully saturated rings. The first-order chi connectivity index (χ1) is 65.2. The molecule has 3 aliphatic rings. The summed E-state index contributed by atoms with van der Waals surface area (Å²) in [6, 6.07) is 15.5. The summed E-state index contributed by atoms with van der Waals surface area (Å²) in [7, 11) is 0. The standard InChI is InChI=1S/2C32H28Cl5N7O2.C32H28Cl3F2N7O2/c3*1-6-20(45)43-10-9-42(13-16(43)5)30-17-11-19(33)28(21-22(34)24(36)25(37)26(39)23(21)35)41-31(17)44(32(46)18(30)12-38)29-15(4)7-8-40-27(29)14(2)3/h3*6-8,11,14,16H,1,9-10,13,39H2,2-5H3/t3*16-/m111/s1. The number of aromatic nitrogens is 9. The molecular weight excluding hydrogens is 2040 g/mol. The van der Waals surface area contributed by atoms with E-state index in [0.717, 1.165) is 11.1 Å². The van der Waals surface area contributed by atoms with Gasteiger partial charge in [-0.1, -0.05) is 212 Å². The molecule has 3 atom stereocenters. The van der Waals surface area contributed by atoms with Gasteiger partial charge in [0.1, 0.15) is 51.8 Å². The molecule has 3 saturated heterocycles. The number of benzene rings is 3. The van der Waals surface area contributed by atoms with Gasteiger partial charge in [0.15, 0.2) is 11.6 Å². The minimum atomic E-state index is -1.44. The quantitative estimate of drug-likeness (QED) is 0.0371. The van der Waals surface area contributed by atoms with Crippen LogP contribution in [0.2, 0.25) is 65.3 Å². The summed E-state index contributed by atoms with van der Waals surface area (Å²) in [5, 5.41) is 31.4. The third-order valence-corrected chi connectivity index (χ3v) is 29.2. The summed E-state index contributed by atoms with van der Waals surface area (Å²) < 4.78 is 33.4. The summed E-state index contributed by atoms with van der Waals surface area (Å²) in [4.78, 5) is 120. The number of nitrogen functional groups attached to an aromatic ring is 3. The first-order valence-corrected chi connectivity index (χ1v) is 47.5. The number of aryl methyl sites for hydroxylation is 3. The lowest BCUT2D eigenvalue weighted by Crippen LogP contribution is -2.54. The van der Waals surface area contributed by atoms with Gasteiger partial charge in [0, 0.05) is 128 Å². The Bertz CT molecular complexity index is 6780. The van der Waals surface area contributed by atoms with E-state index in [1.165, 1.54) is 38.0 Å². The Balaban J connectivity index is 0.000000175. The zero-order valence-electron chi connectivity index (χ0n) is 75.8. The van der Waals surface area contributed by atoms with Gasteiger partial charge < -0.3 is 46.6 Å². The molecule has 12 aromatic rings. The van der Waals surface area contributed by atoms with Crippen molar-refractivity contribution in [2.45, 2.75) is 119 Å². The molecule has 27 nitrogen and oxygen atoms in total. The Morgan fingerprint density at radius 2 is 0.659 bits per heavy atom. The van der Waals surface area contributed by atoms with Gasteiger partial charge in [-0.3, -0.25) is 57.4 Å². The van der Waals surface area contributed by atoms with Crippen LogP contribution < -0.4 is 48.6 Å². The Morgan fingerprint density at radius 1 is 0.399 bits per heavy atom. The minimum absolute atomic E-state index is 0.0188. The molecule has 0 aliphatic carbocycles. The SMILES string of the molecule is C=CC(=O)N1CCN(c2c(C#N)c(=O)n(-c3c(C)ccnc3C(C)C)c3nc(-c4c(Cl)c(N)c(Cl)c(Cl)c4Cl)c(Cl)cc23)C[C@H]1C.C=CC(=O)N1CCN(c2c(C#N)c(=O)n(-c3c(C)ccnc3C(C)C)c3nc(-c4c(Cl)c(N)c(Cl)c(Cl)c4Cl)c(Cl)cc23)C[C@H]1C.C=CC(=O)N1CCN(c2c(C#N)c(=O)n(-c3c(C)ccnc3C(C)C)c3nc(-c4c(Cl)c(N)c(F)c(F)c4Cl)c(Cl)cc23)C[C@H]1C. The number of nitriles is 3. The molecule has 12 heterocycles. The lowest BCUT2D eigenvalue weighted by atomic mass is 10.0. The molecule has 714 valence electrons. The maximum absolute atomic E-state index is 14.9. The van der Waals surface area contributed by atoms with Gasteiger partial charge in [-0.15, -0.1) is 0 Å². The number of halogens is 15. The molecule has 42 heteroatoms. The van der Waals surface area contributed by atoms with E-state index in [1.807, 2.05) is 90.9 Å². The van der Waals surface area contributed by atoms with Crippen LogP contribution in [0.15, 0.2) is 107 Å². The Hall–Kier alpha value is -11.3. The smallest absolute Gasteiger partial charge is 0.276 e. The van der Waals surface area contributed by atoms with E-state index in [1.54, 1.807) is 70.5 Å². The van der Waals surface area contributed by atoms with Crippen LogP contribution in [0.25, 0.3) is 83.9 Å². The van der Waals surface area contributed by atoms with Crippen LogP contribution in [-0.4, -0.2) is 153 Å². The third-order valence-electron chi connectivity index (χ3n) is 24.1. The number of hydrogen-bond acceptors (Lipinski definition) is 21. The number of amides is 3. The first kappa shape index (κ1) is 104. The van der Waals surface area contributed by atoms with Gasteiger partial charge >= 0.3 is 0 Å². The van der Waals surface area contributed by atoms with Gasteiger partial charge in [-0.25, -0.2) is 23.7 Å². The normalized spacial score (nSPS) is 15.0. The number of fused-ring (bicyclic) bond motifs is 3. The van der Waals surface area contributed by atoms with E-state index < -0.39 is 44.0 Å². The van der Waals surface area contributed by atoms with Crippen molar-refractivity contribution in [3.63, 3.8) is 0 Å². The average Bonchev–Trinajstić information content (AvgIpc) is 0.726. The van der Waals surface area contributed by atoms with Crippen LogP contribution >= 0.6 is 151 Å². The van der Waals surface area contributed by atoms with E-state index in [2.05, 4.69) is 52.9 Å². The molecule has 0 saturated carbocycles. The van der Waals surface area contributed by atoms with Crippen molar-refractivity contribution in [3.05, 3.63) is 251 Å². The van der Waals surface area contributed by atoms with Crippen LogP contribution in [0.3, 0.4) is 0 Å². The van der Waals surface area contributed by atoms with Crippen molar-refractivity contribution >= 4 is 236 Å². The lowest BCUT2D eigenvalue weighted by molar-refractivity contribution is -0.129. The Kier molecular flexibility index (Phi) is 31.4. The summed E-state index contributed by atoms with van der Waals surface area (Å²) in [5.41, 5.74) is 21.7. The van der Waals surface area contributed by atoms with Crippen molar-refractivity contribution in [2.75, 3.05) is 90.8 Å². The molecule has 15 rings (SSSR count).